The number of hydrogen-bond donors (Lipinski definition) is 0. The highest BCUT2D eigenvalue weighted by Crippen LogP contribution is 2.52. The summed E-state index contributed by atoms with van der Waals surface area (Å²) in [5.74, 6) is -0.357. The lowest BCUT2D eigenvalue weighted by Gasteiger charge is -2.27. The molecule has 0 N–H and O–H groups in total. The van der Waals surface area contributed by atoms with E-state index in [1.807, 2.05) is 42.5 Å². The zero-order chi connectivity index (χ0) is 29.6. The number of anilines is 2. The van der Waals surface area contributed by atoms with Gasteiger partial charge in [0.25, 0.3) is 0 Å². The van der Waals surface area contributed by atoms with E-state index in [0.717, 1.165) is 34.0 Å². The first-order chi connectivity index (χ1) is 19.3. The summed E-state index contributed by atoms with van der Waals surface area (Å²) >= 11 is 12.8. The van der Waals surface area contributed by atoms with Crippen molar-refractivity contribution in [2.45, 2.75) is 51.4 Å². The Kier molecular flexibility index (Phi) is 7.99. The minimum atomic E-state index is -4.24. The molecule has 0 radical (unpaired) electrons. The van der Waals surface area contributed by atoms with Gasteiger partial charge in [0.05, 0.1) is 21.2 Å². The van der Waals surface area contributed by atoms with Gasteiger partial charge in [-0.05, 0) is 74.4 Å². The quantitative estimate of drug-likeness (QED) is 0.147. The largest absolute Gasteiger partial charge is 0.748 e. The molecule has 0 aliphatic carbocycles. The molecule has 2 aliphatic rings. The van der Waals surface area contributed by atoms with Gasteiger partial charge in [-0.25, -0.2) is 8.42 Å². The van der Waals surface area contributed by atoms with Gasteiger partial charge in [0.15, 0.2) is 5.71 Å². The minimum Gasteiger partial charge on any atom is -0.748 e. The number of fused-ring (bicyclic) bond motifs is 2. The molecular formula is C33H34Cl2N2O3S. The van der Waals surface area contributed by atoms with Crippen molar-refractivity contribution in [2.75, 3.05) is 17.2 Å². The fourth-order valence-corrected chi connectivity index (χ4v) is 6.96. The van der Waals surface area contributed by atoms with E-state index in [0.29, 0.717) is 29.4 Å². The number of hydrogen-bond acceptors (Lipinski definition) is 4. The Morgan fingerprint density at radius 3 is 2.22 bits per heavy atom. The molecule has 0 unspecified atom stereocenters. The van der Waals surface area contributed by atoms with E-state index in [4.69, 9.17) is 23.2 Å². The highest BCUT2D eigenvalue weighted by Gasteiger charge is 2.44. The van der Waals surface area contributed by atoms with Crippen molar-refractivity contribution in [2.24, 2.45) is 0 Å². The molecule has 8 heteroatoms. The normalized spacial score (nSPS) is 18.4. The van der Waals surface area contributed by atoms with E-state index >= 15 is 0 Å². The average molecular weight is 610 g/mol. The van der Waals surface area contributed by atoms with Crippen LogP contribution in [0, 0.1) is 0 Å². The van der Waals surface area contributed by atoms with Crippen molar-refractivity contribution in [3.63, 3.8) is 0 Å². The van der Waals surface area contributed by atoms with Crippen LogP contribution in [-0.4, -0.2) is 35.6 Å². The summed E-state index contributed by atoms with van der Waals surface area (Å²) < 4.78 is 35.7. The molecule has 0 spiro atoms. The summed E-state index contributed by atoms with van der Waals surface area (Å²) in [5, 5.41) is 1.38. The van der Waals surface area contributed by atoms with Crippen molar-refractivity contribution >= 4 is 56.1 Å². The number of para-hydroxylation sites is 1. The van der Waals surface area contributed by atoms with Gasteiger partial charge in [-0.15, -0.1) is 0 Å². The predicted octanol–water partition coefficient (Wildman–Crippen LogP) is 8.26. The first-order valence-corrected chi connectivity index (χ1v) is 16.1. The molecule has 0 aromatic heterocycles. The number of benzene rings is 3. The third-order valence-corrected chi connectivity index (χ3v) is 9.42. The minimum absolute atomic E-state index is 0.295. The molecule has 0 fully saturated rings. The lowest BCUT2D eigenvalue weighted by atomic mass is 9.81. The standard InChI is InChI=1S/C33H34Cl2N2O3S/c1-32(2)26-21-23(34)15-17-28(26)36(19-8-9-20-41(38,39)40)30(32)13-10-14-31-33(3,4)27-22-24(35)16-18-29(27)37(31)25-11-6-5-7-12-25/h5-7,10-18,21-22H,8-9,19-20H2,1-4H3. The van der Waals surface area contributed by atoms with Crippen LogP contribution in [0.4, 0.5) is 17.1 Å². The number of unbranched alkanes of at least 4 members (excludes halogenated alkanes) is 1. The highest BCUT2D eigenvalue weighted by atomic mass is 35.5. The molecule has 5 nitrogen and oxygen atoms in total. The zero-order valence-corrected chi connectivity index (χ0v) is 26.0. The fraction of sp³-hybridized carbons (Fsp3) is 0.303. The molecule has 3 aromatic rings. The Labute approximate surface area is 253 Å². The third kappa shape index (κ3) is 5.76. The van der Waals surface area contributed by atoms with Crippen LogP contribution in [0.25, 0.3) is 0 Å². The monoisotopic (exact) mass is 608 g/mol. The van der Waals surface area contributed by atoms with Crippen LogP contribution in [0.15, 0.2) is 90.7 Å². The molecule has 2 aliphatic heterocycles. The van der Waals surface area contributed by atoms with E-state index < -0.39 is 10.1 Å². The molecular weight excluding hydrogens is 575 g/mol. The van der Waals surface area contributed by atoms with Gasteiger partial charge in [-0.3, -0.25) is 0 Å². The molecule has 41 heavy (non-hydrogen) atoms. The van der Waals surface area contributed by atoms with Gasteiger partial charge in [0.2, 0.25) is 5.69 Å². The summed E-state index contributed by atoms with van der Waals surface area (Å²) in [6, 6.07) is 22.3. The molecule has 5 rings (SSSR count). The van der Waals surface area contributed by atoms with E-state index in [1.54, 1.807) is 0 Å². The van der Waals surface area contributed by atoms with Crippen LogP contribution in [0.1, 0.15) is 51.7 Å². The van der Waals surface area contributed by atoms with E-state index in [1.165, 1.54) is 5.56 Å². The maximum absolute atomic E-state index is 11.2. The van der Waals surface area contributed by atoms with Crippen molar-refractivity contribution in [1.29, 1.82) is 0 Å². The lowest BCUT2D eigenvalue weighted by Crippen LogP contribution is -2.28. The fourth-order valence-electron chi connectivity index (χ4n) is 6.06. The Bertz CT molecular complexity index is 1690. The smallest absolute Gasteiger partial charge is 0.209 e. The van der Waals surface area contributed by atoms with E-state index in [9.17, 15) is 13.0 Å². The Morgan fingerprint density at radius 2 is 1.54 bits per heavy atom. The van der Waals surface area contributed by atoms with Crippen molar-refractivity contribution in [3.8, 4) is 0 Å². The second-order valence-corrected chi connectivity index (χ2v) is 14.1. The lowest BCUT2D eigenvalue weighted by molar-refractivity contribution is -0.438. The van der Waals surface area contributed by atoms with Crippen LogP contribution in [0.3, 0.4) is 0 Å². The Hall–Kier alpha value is -2.90. The molecule has 0 saturated heterocycles. The van der Waals surface area contributed by atoms with Crippen molar-refractivity contribution in [3.05, 3.63) is 112 Å². The zero-order valence-electron chi connectivity index (χ0n) is 23.7. The second-order valence-electron chi connectivity index (χ2n) is 11.7. The first kappa shape index (κ1) is 29.6. The Morgan fingerprint density at radius 1 is 0.878 bits per heavy atom. The van der Waals surface area contributed by atoms with Gasteiger partial charge in [-0.2, -0.15) is 4.58 Å². The molecule has 214 valence electrons. The summed E-state index contributed by atoms with van der Waals surface area (Å²) in [4.78, 5) is 2.29. The summed E-state index contributed by atoms with van der Waals surface area (Å²) in [6.45, 7) is 9.36. The molecule has 0 amide bonds. The summed E-state index contributed by atoms with van der Waals surface area (Å²) in [7, 11) is -4.24. The first-order valence-electron chi connectivity index (χ1n) is 13.7. The molecule has 0 saturated carbocycles. The van der Waals surface area contributed by atoms with E-state index in [2.05, 4.69) is 79.7 Å². The van der Waals surface area contributed by atoms with Gasteiger partial charge < -0.3 is 9.45 Å². The van der Waals surface area contributed by atoms with Crippen molar-refractivity contribution < 1.29 is 17.5 Å². The molecule has 2 heterocycles. The average Bonchev–Trinajstić information content (AvgIpc) is 3.25. The maximum atomic E-state index is 11.2. The van der Waals surface area contributed by atoms with Gasteiger partial charge in [-0.1, -0.05) is 61.3 Å². The van der Waals surface area contributed by atoms with Crippen LogP contribution in [0.5, 0.6) is 0 Å². The number of nitrogens with zero attached hydrogens (tertiary/aromatic N) is 2. The van der Waals surface area contributed by atoms with Crippen molar-refractivity contribution in [1.82, 2.24) is 0 Å². The summed E-state index contributed by atoms with van der Waals surface area (Å²) in [6.07, 6.45) is 7.29. The SMILES string of the molecule is CC1(C)C(=CC=CC2=[N+](CCCCS(=O)(=O)[O-])c3ccc(Cl)cc3C2(C)C)N(c2ccccc2)c2ccc(Cl)cc21. The predicted molar refractivity (Wildman–Crippen MR) is 168 cm³/mol. The molecule has 0 bridgehead atoms. The van der Waals surface area contributed by atoms with Gasteiger partial charge >= 0.3 is 0 Å². The van der Waals surface area contributed by atoms with Crippen LogP contribution < -0.4 is 4.90 Å². The molecule has 3 aromatic carbocycles. The second kappa shape index (κ2) is 11.1. The highest BCUT2D eigenvalue weighted by molar-refractivity contribution is 7.85. The Balaban J connectivity index is 1.56. The maximum Gasteiger partial charge on any atom is 0.209 e. The summed E-state index contributed by atoms with van der Waals surface area (Å²) in [5.41, 5.74) is 7.09. The van der Waals surface area contributed by atoms with Gasteiger partial charge in [0, 0.05) is 56.7 Å². The van der Waals surface area contributed by atoms with Crippen LogP contribution in [-0.2, 0) is 20.9 Å². The number of allylic oxidation sites excluding steroid dienone is 4. The van der Waals surface area contributed by atoms with Gasteiger partial charge in [0.1, 0.15) is 6.54 Å². The third-order valence-electron chi connectivity index (χ3n) is 8.16. The topological polar surface area (TPSA) is 63.4 Å². The number of halogens is 2. The number of rotatable bonds is 8. The van der Waals surface area contributed by atoms with Crippen LogP contribution >= 0.6 is 23.2 Å². The van der Waals surface area contributed by atoms with E-state index in [-0.39, 0.29) is 16.6 Å². The van der Waals surface area contributed by atoms with Crippen LogP contribution in [0.2, 0.25) is 10.0 Å². The molecule has 0 atom stereocenters.